The number of hydrogen-bond donors (Lipinski definition) is 3. The van der Waals surface area contributed by atoms with E-state index in [1.165, 1.54) is 180 Å². The molecule has 0 spiro atoms. The smallest absolute Gasteiger partial charge is 0.306 e. The Morgan fingerprint density at radius 2 is 0.797 bits per heavy atom. The van der Waals surface area contributed by atoms with E-state index in [4.69, 9.17) is 4.74 Å². The number of esters is 1. The van der Waals surface area contributed by atoms with Crippen LogP contribution in [0, 0.1) is 0 Å². The standard InChI is InChI=1S/C58H109NO5/c1-4-7-10-13-16-19-22-25-28-30-33-36-39-42-45-48-51-58(63)64-54(49-46-43-40-37-34-31-29-26-23-20-17-14-11-8-5-2)52-57(62)59-55(53-60)56(61)50-47-44-41-38-35-32-27-24-21-18-15-12-9-6-3/h17,20,26,29,34,37,54-56,60-61H,4-16,18-19,21-25,27-28,30-33,35-36,38-53H2,1-3H3,(H,59,62)/b20-17-,29-26-,37-34-. The van der Waals surface area contributed by atoms with Gasteiger partial charge in [0.2, 0.25) is 5.91 Å². The number of nitrogens with one attached hydrogen (secondary N) is 1. The highest BCUT2D eigenvalue weighted by Gasteiger charge is 2.24. The molecule has 376 valence electrons. The molecule has 3 unspecified atom stereocenters. The Balaban J connectivity index is 4.59. The van der Waals surface area contributed by atoms with Crippen molar-refractivity contribution in [2.75, 3.05) is 6.61 Å². The second-order valence-corrected chi connectivity index (χ2v) is 19.3. The molecule has 0 fully saturated rings. The van der Waals surface area contributed by atoms with E-state index in [0.717, 1.165) is 70.6 Å². The highest BCUT2D eigenvalue weighted by atomic mass is 16.5. The Morgan fingerprint density at radius 3 is 1.22 bits per heavy atom. The van der Waals surface area contributed by atoms with Crippen LogP contribution in [0.4, 0.5) is 0 Å². The topological polar surface area (TPSA) is 95.9 Å². The monoisotopic (exact) mass is 900 g/mol. The quantitative estimate of drug-likeness (QED) is 0.0321. The van der Waals surface area contributed by atoms with Gasteiger partial charge in [-0.1, -0.05) is 256 Å². The van der Waals surface area contributed by atoms with Gasteiger partial charge in [-0.15, -0.1) is 0 Å². The van der Waals surface area contributed by atoms with E-state index in [1.54, 1.807) is 0 Å². The lowest BCUT2D eigenvalue weighted by molar-refractivity contribution is -0.151. The van der Waals surface area contributed by atoms with Gasteiger partial charge >= 0.3 is 5.97 Å². The van der Waals surface area contributed by atoms with Crippen LogP contribution in [0.15, 0.2) is 36.5 Å². The first-order valence-corrected chi connectivity index (χ1v) is 28.2. The number of rotatable bonds is 51. The predicted molar refractivity (Wildman–Crippen MR) is 278 cm³/mol. The van der Waals surface area contributed by atoms with Crippen molar-refractivity contribution in [2.24, 2.45) is 0 Å². The summed E-state index contributed by atoms with van der Waals surface area (Å²) in [5.41, 5.74) is 0. The molecule has 6 heteroatoms. The number of unbranched alkanes of at least 4 members (excludes halogenated alkanes) is 33. The van der Waals surface area contributed by atoms with Gasteiger partial charge in [0.25, 0.3) is 0 Å². The number of amides is 1. The van der Waals surface area contributed by atoms with Crippen LogP contribution in [-0.2, 0) is 14.3 Å². The summed E-state index contributed by atoms with van der Waals surface area (Å²) in [5.74, 6) is -0.496. The van der Waals surface area contributed by atoms with Crippen molar-refractivity contribution in [1.29, 1.82) is 0 Å². The molecule has 0 saturated carbocycles. The molecule has 0 rings (SSSR count). The van der Waals surface area contributed by atoms with E-state index in [0.29, 0.717) is 19.3 Å². The molecule has 3 atom stereocenters. The average Bonchev–Trinajstić information content (AvgIpc) is 3.29. The van der Waals surface area contributed by atoms with Crippen molar-refractivity contribution in [2.45, 2.75) is 315 Å². The van der Waals surface area contributed by atoms with E-state index in [-0.39, 0.29) is 24.9 Å². The minimum absolute atomic E-state index is 0.0560. The SMILES string of the molecule is CCCCC/C=C\C/C=C\C/C=C\CCCCC(CC(=O)NC(CO)C(O)CCCCCCCCCCCCCCCC)OC(=O)CCCCCCCCCCCCCCCCCC. The fourth-order valence-electron chi connectivity index (χ4n) is 8.67. The summed E-state index contributed by atoms with van der Waals surface area (Å²) in [7, 11) is 0. The summed E-state index contributed by atoms with van der Waals surface area (Å²) in [4.78, 5) is 26.2. The third-order valence-corrected chi connectivity index (χ3v) is 13.0. The van der Waals surface area contributed by atoms with Gasteiger partial charge in [0.05, 0.1) is 25.2 Å². The molecule has 64 heavy (non-hydrogen) atoms. The van der Waals surface area contributed by atoms with E-state index in [9.17, 15) is 19.8 Å². The van der Waals surface area contributed by atoms with Crippen LogP contribution < -0.4 is 5.32 Å². The zero-order valence-corrected chi connectivity index (χ0v) is 42.9. The summed E-state index contributed by atoms with van der Waals surface area (Å²) in [6.07, 6.45) is 62.1. The van der Waals surface area contributed by atoms with Gasteiger partial charge in [0, 0.05) is 6.42 Å². The van der Waals surface area contributed by atoms with E-state index >= 15 is 0 Å². The molecule has 0 aliphatic carbocycles. The normalized spacial score (nSPS) is 13.4. The molecule has 0 aromatic heterocycles. The molecule has 0 heterocycles. The second kappa shape index (κ2) is 52.1. The first-order chi connectivity index (χ1) is 31.5. The number of aliphatic hydroxyl groups is 2. The molecule has 0 aromatic carbocycles. The summed E-state index contributed by atoms with van der Waals surface area (Å²) in [6.45, 7) is 6.47. The van der Waals surface area contributed by atoms with Crippen molar-refractivity contribution >= 4 is 11.9 Å². The number of ether oxygens (including phenoxy) is 1. The van der Waals surface area contributed by atoms with Crippen molar-refractivity contribution < 1.29 is 24.5 Å². The highest BCUT2D eigenvalue weighted by Crippen LogP contribution is 2.18. The van der Waals surface area contributed by atoms with E-state index in [1.807, 2.05) is 0 Å². The maximum absolute atomic E-state index is 13.2. The molecule has 0 bridgehead atoms. The second-order valence-electron chi connectivity index (χ2n) is 19.3. The van der Waals surface area contributed by atoms with Crippen molar-refractivity contribution in [3.05, 3.63) is 36.5 Å². The first-order valence-electron chi connectivity index (χ1n) is 28.2. The molecule has 0 aromatic rings. The average molecular weight is 901 g/mol. The van der Waals surface area contributed by atoms with Crippen LogP contribution in [0.5, 0.6) is 0 Å². The van der Waals surface area contributed by atoms with Crippen LogP contribution in [0.2, 0.25) is 0 Å². The molecule has 3 N–H and O–H groups in total. The van der Waals surface area contributed by atoms with Gasteiger partial charge in [-0.25, -0.2) is 0 Å². The van der Waals surface area contributed by atoms with Gasteiger partial charge in [0.1, 0.15) is 6.10 Å². The highest BCUT2D eigenvalue weighted by molar-refractivity contribution is 5.77. The minimum Gasteiger partial charge on any atom is -0.462 e. The third-order valence-electron chi connectivity index (χ3n) is 13.0. The Morgan fingerprint density at radius 1 is 0.453 bits per heavy atom. The molecule has 1 amide bonds. The lowest BCUT2D eigenvalue weighted by Gasteiger charge is -2.24. The van der Waals surface area contributed by atoms with E-state index < -0.39 is 18.2 Å². The Hall–Kier alpha value is -1.92. The van der Waals surface area contributed by atoms with Crippen LogP contribution >= 0.6 is 0 Å². The van der Waals surface area contributed by atoms with Gasteiger partial charge in [0.15, 0.2) is 0 Å². The number of aliphatic hydroxyl groups excluding tert-OH is 2. The van der Waals surface area contributed by atoms with Gasteiger partial charge in [-0.05, 0) is 64.2 Å². The third kappa shape index (κ3) is 46.6. The Bertz CT molecular complexity index is 1060. The molecule has 0 radical (unpaired) electrons. The molecule has 0 aliphatic heterocycles. The van der Waals surface area contributed by atoms with Crippen LogP contribution in [0.25, 0.3) is 0 Å². The maximum atomic E-state index is 13.2. The van der Waals surface area contributed by atoms with Crippen LogP contribution in [0.3, 0.4) is 0 Å². The number of carbonyl (C=O) groups is 2. The lowest BCUT2D eigenvalue weighted by Crippen LogP contribution is -2.46. The van der Waals surface area contributed by atoms with Gasteiger partial charge in [-0.3, -0.25) is 9.59 Å². The summed E-state index contributed by atoms with van der Waals surface area (Å²) in [6, 6.07) is -0.711. The number of allylic oxidation sites excluding steroid dienone is 6. The van der Waals surface area contributed by atoms with Crippen molar-refractivity contribution in [1.82, 2.24) is 5.32 Å². The zero-order chi connectivity index (χ0) is 46.7. The van der Waals surface area contributed by atoms with E-state index in [2.05, 4.69) is 62.5 Å². The summed E-state index contributed by atoms with van der Waals surface area (Å²) >= 11 is 0. The zero-order valence-electron chi connectivity index (χ0n) is 42.9. The fourth-order valence-corrected chi connectivity index (χ4v) is 8.67. The molecular weight excluding hydrogens is 791 g/mol. The molecule has 0 saturated heterocycles. The van der Waals surface area contributed by atoms with Crippen molar-refractivity contribution in [3.63, 3.8) is 0 Å². The van der Waals surface area contributed by atoms with Gasteiger partial charge in [-0.2, -0.15) is 0 Å². The Kier molecular flexibility index (Phi) is 50.5. The minimum atomic E-state index is -0.796. The largest absolute Gasteiger partial charge is 0.462 e. The van der Waals surface area contributed by atoms with Crippen LogP contribution in [0.1, 0.15) is 297 Å². The summed E-state index contributed by atoms with van der Waals surface area (Å²) < 4.78 is 5.94. The van der Waals surface area contributed by atoms with Crippen molar-refractivity contribution in [3.8, 4) is 0 Å². The molecule has 6 nitrogen and oxygen atoms in total. The Labute approximate surface area is 398 Å². The predicted octanol–water partition coefficient (Wildman–Crippen LogP) is 17.2. The number of carbonyl (C=O) groups excluding carboxylic acids is 2. The number of hydrogen-bond acceptors (Lipinski definition) is 5. The van der Waals surface area contributed by atoms with Gasteiger partial charge < -0.3 is 20.3 Å². The first kappa shape index (κ1) is 62.1. The lowest BCUT2D eigenvalue weighted by atomic mass is 10.0. The fraction of sp³-hybridized carbons (Fsp3) is 0.862. The molecule has 0 aliphatic rings. The maximum Gasteiger partial charge on any atom is 0.306 e. The summed E-state index contributed by atoms with van der Waals surface area (Å²) in [5, 5.41) is 23.8. The molecular formula is C58H109NO5. The van der Waals surface area contributed by atoms with Crippen LogP contribution in [-0.4, -0.2) is 46.9 Å².